The van der Waals surface area contributed by atoms with Crippen molar-refractivity contribution < 1.29 is 10.2 Å². The first-order valence-corrected chi connectivity index (χ1v) is 4.79. The van der Waals surface area contributed by atoms with E-state index in [4.69, 9.17) is 15.9 Å². The van der Waals surface area contributed by atoms with Gasteiger partial charge in [-0.15, -0.1) is 0 Å². The average molecular weight is 246 g/mol. The Bertz CT molecular complexity index is 291. The van der Waals surface area contributed by atoms with Gasteiger partial charge in [-0.1, -0.05) is 22.0 Å². The number of hydrogen-bond donors (Lipinski definition) is 3. The lowest BCUT2D eigenvalue weighted by molar-refractivity contribution is 0.276. The molecule has 0 radical (unpaired) electrons. The molecule has 0 bridgehead atoms. The third-order valence-corrected chi connectivity index (χ3v) is 2.51. The molecule has 1 unspecified atom stereocenters. The van der Waals surface area contributed by atoms with Crippen LogP contribution in [0.4, 0.5) is 0 Å². The summed E-state index contributed by atoms with van der Waals surface area (Å²) in [6.07, 6.45) is 0.517. The molecule has 0 spiro atoms. The van der Waals surface area contributed by atoms with Crippen molar-refractivity contribution in [1.82, 2.24) is 0 Å². The average Bonchev–Trinajstić information content (AvgIpc) is 2.04. The topological polar surface area (TPSA) is 66.5 Å². The lowest BCUT2D eigenvalue weighted by atomic mass is 10.1. The zero-order chi connectivity index (χ0) is 9.84. The van der Waals surface area contributed by atoms with Crippen LogP contribution in [0.15, 0.2) is 22.7 Å². The first-order valence-electron chi connectivity index (χ1n) is 4.00. The molecule has 0 amide bonds. The molecule has 1 atom stereocenters. The van der Waals surface area contributed by atoms with Crippen molar-refractivity contribution >= 4 is 15.9 Å². The third kappa shape index (κ3) is 2.69. The fourth-order valence-corrected chi connectivity index (χ4v) is 1.77. The summed E-state index contributed by atoms with van der Waals surface area (Å²) in [5.41, 5.74) is 6.68. The minimum atomic E-state index is -0.194. The summed E-state index contributed by atoms with van der Waals surface area (Å²) in [5, 5.41) is 17.8. The molecule has 3 nitrogen and oxygen atoms in total. The Balaban J connectivity index is 2.88. The quantitative estimate of drug-likeness (QED) is 0.757. The van der Waals surface area contributed by atoms with Gasteiger partial charge in [-0.3, -0.25) is 0 Å². The number of halogens is 1. The molecular weight excluding hydrogens is 234 g/mol. The van der Waals surface area contributed by atoms with Gasteiger partial charge in [0.2, 0.25) is 0 Å². The van der Waals surface area contributed by atoms with E-state index < -0.39 is 0 Å². The van der Waals surface area contributed by atoms with Gasteiger partial charge in [0.05, 0.1) is 0 Å². The Kier molecular flexibility index (Phi) is 3.71. The Morgan fingerprint density at radius 1 is 1.46 bits per heavy atom. The molecule has 4 heteroatoms. The van der Waals surface area contributed by atoms with Crippen LogP contribution in [0, 0.1) is 0 Å². The van der Waals surface area contributed by atoms with E-state index in [9.17, 15) is 0 Å². The first-order chi connectivity index (χ1) is 6.15. The van der Waals surface area contributed by atoms with Crippen LogP contribution >= 0.6 is 15.9 Å². The van der Waals surface area contributed by atoms with E-state index in [1.807, 2.05) is 0 Å². The normalized spacial score (nSPS) is 12.8. The zero-order valence-corrected chi connectivity index (χ0v) is 8.66. The Hall–Kier alpha value is -0.580. The van der Waals surface area contributed by atoms with Gasteiger partial charge in [0, 0.05) is 17.1 Å². The molecule has 13 heavy (non-hydrogen) atoms. The van der Waals surface area contributed by atoms with Gasteiger partial charge in [0.15, 0.2) is 0 Å². The molecule has 72 valence electrons. The molecule has 1 aromatic rings. The SMILES string of the molecule is NC(CCO)c1ccc(O)cc1Br. The number of aliphatic hydroxyl groups excluding tert-OH is 1. The van der Waals surface area contributed by atoms with Gasteiger partial charge in [0.25, 0.3) is 0 Å². The number of hydrogen-bond acceptors (Lipinski definition) is 3. The number of rotatable bonds is 3. The fourth-order valence-electron chi connectivity index (χ4n) is 1.11. The molecule has 0 fully saturated rings. The van der Waals surface area contributed by atoms with Crippen LogP contribution in [-0.4, -0.2) is 16.8 Å². The Labute approximate surface area is 85.3 Å². The second-order valence-electron chi connectivity index (χ2n) is 2.82. The standard InChI is InChI=1S/C9H12BrNO2/c10-8-5-6(13)1-2-7(8)9(11)3-4-12/h1-2,5,9,12-13H,3-4,11H2. The lowest BCUT2D eigenvalue weighted by Gasteiger charge is -2.12. The van der Waals surface area contributed by atoms with Gasteiger partial charge in [-0.2, -0.15) is 0 Å². The van der Waals surface area contributed by atoms with Gasteiger partial charge >= 0.3 is 0 Å². The van der Waals surface area contributed by atoms with Gasteiger partial charge < -0.3 is 15.9 Å². The number of nitrogens with two attached hydrogens (primary N) is 1. The Morgan fingerprint density at radius 2 is 2.15 bits per heavy atom. The van der Waals surface area contributed by atoms with Crippen molar-refractivity contribution in [3.05, 3.63) is 28.2 Å². The van der Waals surface area contributed by atoms with Gasteiger partial charge in [-0.05, 0) is 24.1 Å². The molecule has 0 aliphatic heterocycles. The predicted octanol–water partition coefficient (Wildman–Crippen LogP) is 1.54. The summed E-state index contributed by atoms with van der Waals surface area (Å²) in [6.45, 7) is 0.0640. The second-order valence-corrected chi connectivity index (χ2v) is 3.68. The highest BCUT2D eigenvalue weighted by molar-refractivity contribution is 9.10. The maximum atomic E-state index is 9.13. The maximum absolute atomic E-state index is 9.13. The van der Waals surface area contributed by atoms with E-state index in [0.717, 1.165) is 10.0 Å². The zero-order valence-electron chi connectivity index (χ0n) is 7.07. The number of aromatic hydroxyl groups is 1. The summed E-state index contributed by atoms with van der Waals surface area (Å²) in [6, 6.07) is 4.73. The van der Waals surface area contributed by atoms with Crippen LogP contribution < -0.4 is 5.73 Å². The van der Waals surface area contributed by atoms with Gasteiger partial charge in [0.1, 0.15) is 5.75 Å². The van der Waals surface area contributed by atoms with Gasteiger partial charge in [-0.25, -0.2) is 0 Å². The highest BCUT2D eigenvalue weighted by Gasteiger charge is 2.09. The second kappa shape index (κ2) is 4.60. The number of aliphatic hydroxyl groups is 1. The van der Waals surface area contributed by atoms with E-state index in [-0.39, 0.29) is 18.4 Å². The number of benzene rings is 1. The number of phenols is 1. The molecule has 0 saturated heterocycles. The summed E-state index contributed by atoms with van der Waals surface area (Å²) >= 11 is 3.30. The van der Waals surface area contributed by atoms with E-state index >= 15 is 0 Å². The van der Waals surface area contributed by atoms with Crippen LogP contribution in [0.1, 0.15) is 18.0 Å². The molecule has 0 aromatic heterocycles. The molecule has 1 aromatic carbocycles. The fraction of sp³-hybridized carbons (Fsp3) is 0.333. The Morgan fingerprint density at radius 3 is 2.69 bits per heavy atom. The largest absolute Gasteiger partial charge is 0.508 e. The van der Waals surface area contributed by atoms with Crippen LogP contribution in [0.25, 0.3) is 0 Å². The first kappa shape index (κ1) is 10.5. The molecule has 0 aliphatic carbocycles. The smallest absolute Gasteiger partial charge is 0.116 e. The summed E-state index contributed by atoms with van der Waals surface area (Å²) in [7, 11) is 0. The van der Waals surface area contributed by atoms with E-state index in [1.165, 1.54) is 0 Å². The van der Waals surface area contributed by atoms with Crippen molar-refractivity contribution in [2.45, 2.75) is 12.5 Å². The predicted molar refractivity (Wildman–Crippen MR) is 54.4 cm³/mol. The summed E-state index contributed by atoms with van der Waals surface area (Å²) in [5.74, 6) is 0.201. The van der Waals surface area contributed by atoms with Crippen molar-refractivity contribution in [3.8, 4) is 5.75 Å². The molecule has 4 N–H and O–H groups in total. The van der Waals surface area contributed by atoms with E-state index in [2.05, 4.69) is 15.9 Å². The minimum Gasteiger partial charge on any atom is -0.508 e. The van der Waals surface area contributed by atoms with E-state index in [1.54, 1.807) is 18.2 Å². The molecule has 0 aliphatic rings. The minimum absolute atomic E-state index is 0.0640. The van der Waals surface area contributed by atoms with Crippen LogP contribution in [0.3, 0.4) is 0 Å². The van der Waals surface area contributed by atoms with Crippen molar-refractivity contribution in [2.75, 3.05) is 6.61 Å². The summed E-state index contributed by atoms with van der Waals surface area (Å²) < 4.78 is 0.772. The highest BCUT2D eigenvalue weighted by Crippen LogP contribution is 2.27. The van der Waals surface area contributed by atoms with Crippen molar-refractivity contribution in [1.29, 1.82) is 0 Å². The molecule has 1 rings (SSSR count). The van der Waals surface area contributed by atoms with Crippen molar-refractivity contribution in [2.24, 2.45) is 5.73 Å². The van der Waals surface area contributed by atoms with Crippen molar-refractivity contribution in [3.63, 3.8) is 0 Å². The maximum Gasteiger partial charge on any atom is 0.116 e. The molecule has 0 saturated carbocycles. The highest BCUT2D eigenvalue weighted by atomic mass is 79.9. The summed E-state index contributed by atoms with van der Waals surface area (Å²) in [4.78, 5) is 0. The van der Waals surface area contributed by atoms with Crippen LogP contribution in [0.2, 0.25) is 0 Å². The monoisotopic (exact) mass is 245 g/mol. The third-order valence-electron chi connectivity index (χ3n) is 1.82. The van der Waals surface area contributed by atoms with Crippen LogP contribution in [0.5, 0.6) is 5.75 Å². The number of phenolic OH excluding ortho intramolecular Hbond substituents is 1. The van der Waals surface area contributed by atoms with Crippen LogP contribution in [-0.2, 0) is 0 Å². The molecular formula is C9H12BrNO2. The van der Waals surface area contributed by atoms with E-state index in [0.29, 0.717) is 6.42 Å². The molecule has 0 heterocycles. The lowest BCUT2D eigenvalue weighted by Crippen LogP contribution is -2.12.